The Kier molecular flexibility index (Phi) is 7.32. The SMILES string of the molecule is CCN(CC)C(=O)CCC1CNC(=O)C2CC(NCc3cccc(Cl)c3)CN12. The van der Waals surface area contributed by atoms with E-state index in [9.17, 15) is 9.59 Å². The first kappa shape index (κ1) is 21.1. The van der Waals surface area contributed by atoms with Crippen molar-refractivity contribution in [1.82, 2.24) is 20.4 Å². The fraction of sp³-hybridized carbons (Fsp3) is 0.619. The van der Waals surface area contributed by atoms with Crippen molar-refractivity contribution in [3.05, 3.63) is 34.9 Å². The molecule has 1 aromatic carbocycles. The van der Waals surface area contributed by atoms with Crippen LogP contribution in [0.3, 0.4) is 0 Å². The van der Waals surface area contributed by atoms with Gasteiger partial charge in [-0.2, -0.15) is 0 Å². The lowest BCUT2D eigenvalue weighted by atomic mass is 10.0. The van der Waals surface area contributed by atoms with Gasteiger partial charge in [-0.3, -0.25) is 14.5 Å². The van der Waals surface area contributed by atoms with E-state index in [-0.39, 0.29) is 29.9 Å². The molecular formula is C21H31ClN4O2. The van der Waals surface area contributed by atoms with E-state index in [0.29, 0.717) is 13.0 Å². The number of hydrogen-bond acceptors (Lipinski definition) is 4. The van der Waals surface area contributed by atoms with Gasteiger partial charge in [0.05, 0.1) is 6.04 Å². The summed E-state index contributed by atoms with van der Waals surface area (Å²) in [6.07, 6.45) is 2.12. The smallest absolute Gasteiger partial charge is 0.237 e. The summed E-state index contributed by atoms with van der Waals surface area (Å²) in [6, 6.07) is 8.22. The number of nitrogens with zero attached hydrogens (tertiary/aromatic N) is 2. The Bertz CT molecular complexity index is 695. The summed E-state index contributed by atoms with van der Waals surface area (Å²) in [5.74, 6) is 0.312. The minimum absolute atomic E-state index is 0.0980. The van der Waals surface area contributed by atoms with Crippen LogP contribution >= 0.6 is 11.6 Å². The zero-order valence-electron chi connectivity index (χ0n) is 16.8. The van der Waals surface area contributed by atoms with Crippen LogP contribution < -0.4 is 10.6 Å². The van der Waals surface area contributed by atoms with Crippen LogP contribution in [0.15, 0.2) is 24.3 Å². The second-order valence-corrected chi connectivity index (χ2v) is 8.10. The summed E-state index contributed by atoms with van der Waals surface area (Å²) in [4.78, 5) is 28.9. The van der Waals surface area contributed by atoms with Gasteiger partial charge in [0, 0.05) is 56.3 Å². The maximum atomic E-state index is 12.4. The second kappa shape index (κ2) is 9.72. The molecular weight excluding hydrogens is 376 g/mol. The Hall–Kier alpha value is -1.63. The lowest BCUT2D eigenvalue weighted by Gasteiger charge is -2.37. The predicted octanol–water partition coefficient (Wildman–Crippen LogP) is 2.02. The van der Waals surface area contributed by atoms with Crippen LogP contribution in [0.1, 0.15) is 38.7 Å². The summed E-state index contributed by atoms with van der Waals surface area (Å²) in [5.41, 5.74) is 1.14. The summed E-state index contributed by atoms with van der Waals surface area (Å²) in [6.45, 7) is 7.71. The predicted molar refractivity (Wildman–Crippen MR) is 111 cm³/mol. The van der Waals surface area contributed by atoms with Crippen molar-refractivity contribution in [2.24, 2.45) is 0 Å². The van der Waals surface area contributed by atoms with Crippen LogP contribution in [-0.4, -0.2) is 65.9 Å². The fourth-order valence-electron chi connectivity index (χ4n) is 4.33. The number of halogens is 1. The van der Waals surface area contributed by atoms with Gasteiger partial charge in [0.15, 0.2) is 0 Å². The maximum absolute atomic E-state index is 12.4. The van der Waals surface area contributed by atoms with Crippen molar-refractivity contribution in [1.29, 1.82) is 0 Å². The van der Waals surface area contributed by atoms with Crippen molar-refractivity contribution in [3.8, 4) is 0 Å². The minimum atomic E-state index is -0.0980. The topological polar surface area (TPSA) is 64.7 Å². The molecule has 28 heavy (non-hydrogen) atoms. The van der Waals surface area contributed by atoms with Crippen molar-refractivity contribution < 1.29 is 9.59 Å². The van der Waals surface area contributed by atoms with Crippen LogP contribution in [0.2, 0.25) is 5.02 Å². The molecule has 2 aliphatic heterocycles. The number of carbonyl (C=O) groups is 2. The molecule has 2 aliphatic rings. The van der Waals surface area contributed by atoms with Crippen LogP contribution in [0, 0.1) is 0 Å². The highest BCUT2D eigenvalue weighted by atomic mass is 35.5. The van der Waals surface area contributed by atoms with Gasteiger partial charge in [0.1, 0.15) is 0 Å². The van der Waals surface area contributed by atoms with Gasteiger partial charge in [-0.25, -0.2) is 0 Å². The van der Waals surface area contributed by atoms with Crippen LogP contribution in [-0.2, 0) is 16.1 Å². The van der Waals surface area contributed by atoms with E-state index in [2.05, 4.69) is 21.6 Å². The van der Waals surface area contributed by atoms with Crippen molar-refractivity contribution in [3.63, 3.8) is 0 Å². The van der Waals surface area contributed by atoms with E-state index in [1.807, 2.05) is 36.9 Å². The molecule has 3 atom stereocenters. The number of nitrogens with one attached hydrogen (secondary N) is 2. The van der Waals surface area contributed by atoms with E-state index in [1.54, 1.807) is 0 Å². The molecule has 2 saturated heterocycles. The van der Waals surface area contributed by atoms with Crippen molar-refractivity contribution in [2.75, 3.05) is 26.2 Å². The molecule has 0 bridgehead atoms. The molecule has 0 radical (unpaired) electrons. The Morgan fingerprint density at radius 2 is 2.14 bits per heavy atom. The fourth-order valence-corrected chi connectivity index (χ4v) is 4.54. The maximum Gasteiger partial charge on any atom is 0.237 e. The summed E-state index contributed by atoms with van der Waals surface area (Å²) >= 11 is 6.06. The van der Waals surface area contributed by atoms with Gasteiger partial charge < -0.3 is 15.5 Å². The molecule has 2 amide bonds. The number of benzene rings is 1. The zero-order chi connectivity index (χ0) is 20.1. The molecule has 3 unspecified atom stereocenters. The molecule has 7 heteroatoms. The Morgan fingerprint density at radius 1 is 1.36 bits per heavy atom. The van der Waals surface area contributed by atoms with Crippen molar-refractivity contribution >= 4 is 23.4 Å². The van der Waals surface area contributed by atoms with Gasteiger partial charge in [-0.05, 0) is 44.4 Å². The van der Waals surface area contributed by atoms with Gasteiger partial charge in [-0.15, -0.1) is 0 Å². The third kappa shape index (κ3) is 5.04. The average Bonchev–Trinajstić information content (AvgIpc) is 3.12. The summed E-state index contributed by atoms with van der Waals surface area (Å²) < 4.78 is 0. The second-order valence-electron chi connectivity index (χ2n) is 7.66. The number of piperazine rings is 1. The largest absolute Gasteiger partial charge is 0.353 e. The van der Waals surface area contributed by atoms with E-state index in [4.69, 9.17) is 11.6 Å². The first-order chi connectivity index (χ1) is 13.5. The highest BCUT2D eigenvalue weighted by Gasteiger charge is 2.43. The van der Waals surface area contributed by atoms with Crippen LogP contribution in [0.5, 0.6) is 0 Å². The number of hydrogen-bond donors (Lipinski definition) is 2. The van der Waals surface area contributed by atoms with E-state index < -0.39 is 0 Å². The van der Waals surface area contributed by atoms with Gasteiger partial charge >= 0.3 is 0 Å². The molecule has 0 spiro atoms. The van der Waals surface area contributed by atoms with Gasteiger partial charge in [0.25, 0.3) is 0 Å². The molecule has 1 aromatic rings. The Morgan fingerprint density at radius 3 is 2.86 bits per heavy atom. The third-order valence-electron chi connectivity index (χ3n) is 5.91. The highest BCUT2D eigenvalue weighted by Crippen LogP contribution is 2.26. The first-order valence-corrected chi connectivity index (χ1v) is 10.7. The van der Waals surface area contributed by atoms with Gasteiger partial charge in [0.2, 0.25) is 11.8 Å². The Labute approximate surface area is 172 Å². The molecule has 2 heterocycles. The molecule has 2 fully saturated rings. The quantitative estimate of drug-likeness (QED) is 0.693. The highest BCUT2D eigenvalue weighted by molar-refractivity contribution is 6.30. The van der Waals surface area contributed by atoms with Gasteiger partial charge in [-0.1, -0.05) is 23.7 Å². The minimum Gasteiger partial charge on any atom is -0.353 e. The molecule has 2 N–H and O–H groups in total. The monoisotopic (exact) mass is 406 g/mol. The number of amides is 2. The lowest BCUT2D eigenvalue weighted by Crippen LogP contribution is -2.58. The van der Waals surface area contributed by atoms with E-state index in [1.165, 1.54) is 0 Å². The lowest BCUT2D eigenvalue weighted by molar-refractivity contribution is -0.132. The average molecular weight is 407 g/mol. The van der Waals surface area contributed by atoms with E-state index in [0.717, 1.165) is 49.6 Å². The normalized spacial score (nSPS) is 24.7. The zero-order valence-corrected chi connectivity index (χ0v) is 17.5. The van der Waals surface area contributed by atoms with Crippen molar-refractivity contribution in [2.45, 2.75) is 57.8 Å². The van der Waals surface area contributed by atoms with Crippen LogP contribution in [0.4, 0.5) is 0 Å². The first-order valence-electron chi connectivity index (χ1n) is 10.3. The summed E-state index contributed by atoms with van der Waals surface area (Å²) in [5, 5.41) is 7.34. The number of fused-ring (bicyclic) bond motifs is 1. The molecule has 154 valence electrons. The standard InChI is InChI=1S/C21H31ClN4O2/c1-3-25(4-2)20(27)9-8-18-13-24-21(28)19-11-17(14-26(18)19)23-12-15-6-5-7-16(22)10-15/h5-7,10,17-19,23H,3-4,8-9,11-14H2,1-2H3,(H,24,28). The summed E-state index contributed by atoms with van der Waals surface area (Å²) in [7, 11) is 0. The molecule has 0 saturated carbocycles. The molecule has 0 aliphatic carbocycles. The molecule has 3 rings (SSSR count). The number of carbonyl (C=O) groups excluding carboxylic acids is 2. The number of rotatable bonds is 8. The Balaban J connectivity index is 1.55. The van der Waals surface area contributed by atoms with E-state index >= 15 is 0 Å². The third-order valence-corrected chi connectivity index (χ3v) is 6.15. The molecule has 0 aromatic heterocycles. The molecule has 6 nitrogen and oxygen atoms in total. The van der Waals surface area contributed by atoms with Crippen LogP contribution in [0.25, 0.3) is 0 Å².